The summed E-state index contributed by atoms with van der Waals surface area (Å²) >= 11 is 0. The fraction of sp³-hybridized carbons (Fsp3) is 0.917. The van der Waals surface area contributed by atoms with Gasteiger partial charge in [-0.2, -0.15) is 0 Å². The lowest BCUT2D eigenvalue weighted by Gasteiger charge is -2.18. The van der Waals surface area contributed by atoms with Crippen molar-refractivity contribution in [2.75, 3.05) is 26.7 Å². The van der Waals surface area contributed by atoms with Crippen LogP contribution in [-0.2, 0) is 4.79 Å². The second-order valence-electron chi connectivity index (χ2n) is 4.84. The van der Waals surface area contributed by atoms with Gasteiger partial charge >= 0.3 is 0 Å². The summed E-state index contributed by atoms with van der Waals surface area (Å²) in [5, 5.41) is 3.07. The molecule has 0 aromatic carbocycles. The minimum atomic E-state index is 0.341. The fourth-order valence-corrected chi connectivity index (χ4v) is 2.13. The Kier molecular flexibility index (Phi) is 5.09. The lowest BCUT2D eigenvalue weighted by molar-refractivity contribution is -0.130. The molecule has 0 aliphatic carbocycles. The van der Waals surface area contributed by atoms with Gasteiger partial charge < -0.3 is 10.2 Å². The van der Waals surface area contributed by atoms with Gasteiger partial charge in [-0.3, -0.25) is 4.79 Å². The predicted molar refractivity (Wildman–Crippen MR) is 62.7 cm³/mol. The van der Waals surface area contributed by atoms with Crippen LogP contribution in [0.25, 0.3) is 0 Å². The van der Waals surface area contributed by atoms with Gasteiger partial charge in [-0.25, -0.2) is 0 Å². The third kappa shape index (κ3) is 3.82. The smallest absolute Gasteiger partial charge is 0.222 e. The summed E-state index contributed by atoms with van der Waals surface area (Å²) in [7, 11) is 1.93. The first-order valence-electron chi connectivity index (χ1n) is 6.07. The molecule has 3 nitrogen and oxygen atoms in total. The molecular formula is C12H24N2O. The van der Waals surface area contributed by atoms with Crippen LogP contribution in [0.1, 0.15) is 33.1 Å². The number of hydrogen-bond acceptors (Lipinski definition) is 2. The SMILES string of the molecule is CNCCCC(=O)N1CCC(C(C)C)C1. The zero-order chi connectivity index (χ0) is 11.3. The molecule has 0 bridgehead atoms. The van der Waals surface area contributed by atoms with E-state index in [4.69, 9.17) is 0 Å². The Balaban J connectivity index is 2.24. The number of carbonyl (C=O) groups excluding carboxylic acids is 1. The van der Waals surface area contributed by atoms with Crippen LogP contribution in [0.5, 0.6) is 0 Å². The number of carbonyl (C=O) groups is 1. The summed E-state index contributed by atoms with van der Waals surface area (Å²) < 4.78 is 0. The minimum Gasteiger partial charge on any atom is -0.342 e. The van der Waals surface area contributed by atoms with Crippen molar-refractivity contribution in [3.8, 4) is 0 Å². The molecule has 0 spiro atoms. The van der Waals surface area contributed by atoms with Crippen LogP contribution in [0.15, 0.2) is 0 Å². The van der Waals surface area contributed by atoms with Gasteiger partial charge in [-0.05, 0) is 38.3 Å². The monoisotopic (exact) mass is 212 g/mol. The molecule has 1 heterocycles. The second-order valence-corrected chi connectivity index (χ2v) is 4.84. The highest BCUT2D eigenvalue weighted by molar-refractivity contribution is 5.76. The Morgan fingerprint density at radius 1 is 1.53 bits per heavy atom. The first kappa shape index (κ1) is 12.5. The first-order valence-corrected chi connectivity index (χ1v) is 6.07. The molecular weight excluding hydrogens is 188 g/mol. The van der Waals surface area contributed by atoms with Gasteiger partial charge in [0, 0.05) is 19.5 Å². The van der Waals surface area contributed by atoms with Crippen LogP contribution in [-0.4, -0.2) is 37.5 Å². The van der Waals surface area contributed by atoms with E-state index < -0.39 is 0 Å². The van der Waals surface area contributed by atoms with Crippen LogP contribution >= 0.6 is 0 Å². The van der Waals surface area contributed by atoms with Gasteiger partial charge in [0.25, 0.3) is 0 Å². The maximum Gasteiger partial charge on any atom is 0.222 e. The normalized spacial score (nSPS) is 21.3. The largest absolute Gasteiger partial charge is 0.342 e. The van der Waals surface area contributed by atoms with Crippen molar-refractivity contribution in [3.63, 3.8) is 0 Å². The van der Waals surface area contributed by atoms with Crippen molar-refractivity contribution >= 4 is 5.91 Å². The molecule has 88 valence electrons. The standard InChI is InChI=1S/C12H24N2O/c1-10(2)11-6-8-14(9-11)12(15)5-4-7-13-3/h10-11,13H,4-9H2,1-3H3. The minimum absolute atomic E-state index is 0.341. The van der Waals surface area contributed by atoms with Gasteiger partial charge in [0.05, 0.1) is 0 Å². The zero-order valence-corrected chi connectivity index (χ0v) is 10.3. The van der Waals surface area contributed by atoms with E-state index in [0.717, 1.165) is 32.0 Å². The quantitative estimate of drug-likeness (QED) is 0.700. The molecule has 1 unspecified atom stereocenters. The van der Waals surface area contributed by atoms with E-state index in [1.165, 1.54) is 6.42 Å². The van der Waals surface area contributed by atoms with Crippen molar-refractivity contribution in [1.29, 1.82) is 0 Å². The average molecular weight is 212 g/mol. The summed E-state index contributed by atoms with van der Waals surface area (Å²) in [6.45, 7) is 7.39. The highest BCUT2D eigenvalue weighted by Crippen LogP contribution is 2.23. The van der Waals surface area contributed by atoms with Crippen molar-refractivity contribution in [1.82, 2.24) is 10.2 Å². The van der Waals surface area contributed by atoms with E-state index in [1.807, 2.05) is 11.9 Å². The zero-order valence-electron chi connectivity index (χ0n) is 10.3. The summed E-state index contributed by atoms with van der Waals surface area (Å²) in [5.74, 6) is 1.77. The van der Waals surface area contributed by atoms with Crippen molar-refractivity contribution in [2.24, 2.45) is 11.8 Å². The number of nitrogens with one attached hydrogen (secondary N) is 1. The van der Waals surface area contributed by atoms with E-state index >= 15 is 0 Å². The second kappa shape index (κ2) is 6.11. The van der Waals surface area contributed by atoms with Gasteiger partial charge in [0.2, 0.25) is 5.91 Å². The third-order valence-corrected chi connectivity index (χ3v) is 3.34. The molecule has 1 rings (SSSR count). The Labute approximate surface area is 93.2 Å². The lowest BCUT2D eigenvalue weighted by atomic mass is 9.95. The van der Waals surface area contributed by atoms with Gasteiger partial charge in [0.1, 0.15) is 0 Å². The van der Waals surface area contributed by atoms with Crippen molar-refractivity contribution in [2.45, 2.75) is 33.1 Å². The molecule has 0 saturated carbocycles. The average Bonchev–Trinajstić information content (AvgIpc) is 2.66. The highest BCUT2D eigenvalue weighted by atomic mass is 16.2. The molecule has 1 N–H and O–H groups in total. The topological polar surface area (TPSA) is 32.3 Å². The fourth-order valence-electron chi connectivity index (χ4n) is 2.13. The number of amides is 1. The summed E-state index contributed by atoms with van der Waals surface area (Å²) in [6.07, 6.45) is 2.85. The Hall–Kier alpha value is -0.570. The van der Waals surface area contributed by atoms with Crippen LogP contribution in [0.3, 0.4) is 0 Å². The third-order valence-electron chi connectivity index (χ3n) is 3.34. The number of rotatable bonds is 5. The molecule has 1 aliphatic rings. The summed E-state index contributed by atoms with van der Waals surface area (Å²) in [6, 6.07) is 0. The molecule has 1 saturated heterocycles. The molecule has 1 aliphatic heterocycles. The van der Waals surface area contributed by atoms with Crippen LogP contribution in [0.2, 0.25) is 0 Å². The molecule has 1 amide bonds. The molecule has 3 heteroatoms. The first-order chi connectivity index (χ1) is 7.15. The molecule has 1 atom stereocenters. The van der Waals surface area contributed by atoms with Gasteiger partial charge in [-0.15, -0.1) is 0 Å². The van der Waals surface area contributed by atoms with Crippen LogP contribution < -0.4 is 5.32 Å². The lowest BCUT2D eigenvalue weighted by Crippen LogP contribution is -2.29. The summed E-state index contributed by atoms with van der Waals surface area (Å²) in [4.78, 5) is 13.8. The predicted octanol–water partition coefficient (Wildman–Crippen LogP) is 1.49. The van der Waals surface area contributed by atoms with E-state index in [0.29, 0.717) is 18.2 Å². The van der Waals surface area contributed by atoms with Crippen molar-refractivity contribution in [3.05, 3.63) is 0 Å². The van der Waals surface area contributed by atoms with Crippen molar-refractivity contribution < 1.29 is 4.79 Å². The number of nitrogens with zero attached hydrogens (tertiary/aromatic N) is 1. The Bertz CT molecular complexity index is 204. The number of likely N-dealkylation sites (tertiary alicyclic amines) is 1. The molecule has 0 radical (unpaired) electrons. The Morgan fingerprint density at radius 3 is 2.80 bits per heavy atom. The van der Waals surface area contributed by atoms with Gasteiger partial charge in [-0.1, -0.05) is 13.8 Å². The summed E-state index contributed by atoms with van der Waals surface area (Å²) in [5.41, 5.74) is 0. The van der Waals surface area contributed by atoms with E-state index in [2.05, 4.69) is 19.2 Å². The molecule has 1 fully saturated rings. The maximum atomic E-state index is 11.8. The van der Waals surface area contributed by atoms with Crippen LogP contribution in [0.4, 0.5) is 0 Å². The maximum absolute atomic E-state index is 11.8. The number of hydrogen-bond donors (Lipinski definition) is 1. The van der Waals surface area contributed by atoms with Gasteiger partial charge in [0.15, 0.2) is 0 Å². The van der Waals surface area contributed by atoms with E-state index in [1.54, 1.807) is 0 Å². The molecule has 0 aromatic heterocycles. The molecule has 15 heavy (non-hydrogen) atoms. The van der Waals surface area contributed by atoms with E-state index in [9.17, 15) is 4.79 Å². The molecule has 0 aromatic rings. The van der Waals surface area contributed by atoms with Crippen LogP contribution in [0, 0.1) is 11.8 Å². The van der Waals surface area contributed by atoms with E-state index in [-0.39, 0.29) is 0 Å². The highest BCUT2D eigenvalue weighted by Gasteiger charge is 2.27. The Morgan fingerprint density at radius 2 is 2.27 bits per heavy atom.